The molecule has 1 aliphatic rings. The smallest absolute Gasteiger partial charge is 0.0984 e. The van der Waals surface area contributed by atoms with Crippen LogP contribution in [0.25, 0.3) is 0 Å². The average molecular weight is 184 g/mol. The van der Waals surface area contributed by atoms with Gasteiger partial charge in [0.05, 0.1) is 11.4 Å². The van der Waals surface area contributed by atoms with Crippen molar-refractivity contribution in [2.75, 3.05) is 20.2 Å². The van der Waals surface area contributed by atoms with E-state index in [1.165, 1.54) is 0 Å². The zero-order valence-corrected chi connectivity index (χ0v) is 9.05. The Balaban J connectivity index is 2.55. The van der Waals surface area contributed by atoms with Crippen molar-refractivity contribution in [1.82, 2.24) is 4.90 Å². The summed E-state index contributed by atoms with van der Waals surface area (Å²) in [6, 6.07) is 0. The highest BCUT2D eigenvalue weighted by molar-refractivity contribution is 5.81. The van der Waals surface area contributed by atoms with E-state index in [0.29, 0.717) is 5.92 Å². The Hall–Kier alpha value is -0.570. The molecule has 0 aliphatic carbocycles. The van der Waals surface area contributed by atoms with Gasteiger partial charge in [-0.3, -0.25) is 5.41 Å². The van der Waals surface area contributed by atoms with Gasteiger partial charge in [-0.05, 0) is 13.3 Å². The quantitative estimate of drug-likeness (QED) is 0.524. The maximum Gasteiger partial charge on any atom is 0.0984 e. The van der Waals surface area contributed by atoms with E-state index in [4.69, 9.17) is 10.1 Å². The molecule has 13 heavy (non-hydrogen) atoms. The van der Waals surface area contributed by atoms with Crippen LogP contribution in [0.3, 0.4) is 0 Å². The van der Waals surface area contributed by atoms with Crippen LogP contribution in [0, 0.1) is 11.3 Å². The van der Waals surface area contributed by atoms with Crippen molar-refractivity contribution in [3.05, 3.63) is 0 Å². The van der Waals surface area contributed by atoms with Gasteiger partial charge in [-0.2, -0.15) is 0 Å². The fourth-order valence-corrected chi connectivity index (χ4v) is 1.67. The van der Waals surface area contributed by atoms with E-state index in [9.17, 15) is 0 Å². The molecule has 1 unspecified atom stereocenters. The molecule has 1 N–H and O–H groups in total. The molecule has 1 atom stereocenters. The topological polar surface area (TPSA) is 36.3 Å². The molecular formula is C10H20N2O. The second-order valence-corrected chi connectivity index (χ2v) is 4.37. The van der Waals surface area contributed by atoms with Gasteiger partial charge in [0, 0.05) is 26.1 Å². The van der Waals surface area contributed by atoms with Crippen molar-refractivity contribution in [2.24, 2.45) is 5.92 Å². The predicted octanol–water partition coefficient (Wildman–Crippen LogP) is 1.73. The van der Waals surface area contributed by atoms with Crippen molar-refractivity contribution in [3.63, 3.8) is 0 Å². The van der Waals surface area contributed by atoms with Crippen LogP contribution in [0.2, 0.25) is 0 Å². The van der Waals surface area contributed by atoms with E-state index < -0.39 is 0 Å². The minimum atomic E-state index is -0.0405. The van der Waals surface area contributed by atoms with E-state index in [-0.39, 0.29) is 5.60 Å². The summed E-state index contributed by atoms with van der Waals surface area (Å²) in [6.45, 7) is 8.05. The molecule has 1 aliphatic heterocycles. The van der Waals surface area contributed by atoms with Gasteiger partial charge in [-0.1, -0.05) is 13.8 Å². The van der Waals surface area contributed by atoms with E-state index in [2.05, 4.69) is 25.7 Å². The Morgan fingerprint density at radius 3 is 2.54 bits per heavy atom. The minimum absolute atomic E-state index is 0.0405. The minimum Gasteiger partial charge on any atom is -0.377 e. The molecule has 1 heterocycles. The van der Waals surface area contributed by atoms with Gasteiger partial charge < -0.3 is 9.64 Å². The molecule has 0 radical (unpaired) electrons. The molecular weight excluding hydrogens is 164 g/mol. The summed E-state index contributed by atoms with van der Waals surface area (Å²) in [5.41, 5.74) is -0.0405. The first-order valence-electron chi connectivity index (χ1n) is 4.87. The summed E-state index contributed by atoms with van der Waals surface area (Å²) in [5, 5.41) is 7.86. The lowest BCUT2D eigenvalue weighted by atomic mass is 10.1. The monoisotopic (exact) mass is 184 g/mol. The number of rotatable bonds is 2. The number of nitrogens with zero attached hydrogens (tertiary/aromatic N) is 1. The number of likely N-dealkylation sites (tertiary alicyclic amines) is 1. The number of methoxy groups -OCH3 is 1. The molecule has 0 amide bonds. The fraction of sp³-hybridized carbons (Fsp3) is 0.900. The first-order chi connectivity index (χ1) is 5.98. The molecule has 1 fully saturated rings. The molecule has 0 aromatic rings. The highest BCUT2D eigenvalue weighted by Gasteiger charge is 2.35. The number of hydrogen-bond donors (Lipinski definition) is 1. The van der Waals surface area contributed by atoms with Crippen LogP contribution in [-0.2, 0) is 4.74 Å². The van der Waals surface area contributed by atoms with E-state index in [1.54, 1.807) is 7.11 Å². The third-order valence-corrected chi connectivity index (χ3v) is 2.82. The predicted molar refractivity (Wildman–Crippen MR) is 54.2 cm³/mol. The van der Waals surface area contributed by atoms with Gasteiger partial charge in [0.1, 0.15) is 0 Å². The van der Waals surface area contributed by atoms with Crippen LogP contribution in [0.5, 0.6) is 0 Å². The van der Waals surface area contributed by atoms with Crippen molar-refractivity contribution < 1.29 is 4.74 Å². The van der Waals surface area contributed by atoms with Gasteiger partial charge in [0.25, 0.3) is 0 Å². The van der Waals surface area contributed by atoms with Gasteiger partial charge in [0.2, 0.25) is 0 Å². The molecule has 3 nitrogen and oxygen atoms in total. The normalized spacial score (nSPS) is 28.5. The second-order valence-electron chi connectivity index (χ2n) is 4.37. The molecule has 76 valence electrons. The largest absolute Gasteiger partial charge is 0.377 e. The SMILES string of the molecule is COC1(C)CCN(C(=N)C(C)C)C1. The second kappa shape index (κ2) is 3.66. The molecule has 1 rings (SSSR count). The van der Waals surface area contributed by atoms with Crippen LogP contribution < -0.4 is 0 Å². The highest BCUT2D eigenvalue weighted by atomic mass is 16.5. The number of hydrogen-bond acceptors (Lipinski definition) is 2. The standard InChI is InChI=1S/C10H20N2O/c1-8(2)9(11)12-6-5-10(3,7-12)13-4/h8,11H,5-7H2,1-4H3. The first kappa shape index (κ1) is 10.5. The van der Waals surface area contributed by atoms with Crippen LogP contribution in [0.1, 0.15) is 27.2 Å². The average Bonchev–Trinajstić information content (AvgIpc) is 2.47. The van der Waals surface area contributed by atoms with Crippen LogP contribution in [-0.4, -0.2) is 36.5 Å². The third kappa shape index (κ3) is 2.21. The summed E-state index contributed by atoms with van der Waals surface area (Å²) >= 11 is 0. The van der Waals surface area contributed by atoms with E-state index >= 15 is 0 Å². The summed E-state index contributed by atoms with van der Waals surface area (Å²) in [6.07, 6.45) is 1.03. The molecule has 0 spiro atoms. The lowest BCUT2D eigenvalue weighted by Gasteiger charge is -2.25. The Labute approximate surface area is 80.6 Å². The summed E-state index contributed by atoms with van der Waals surface area (Å²) < 4.78 is 5.42. The van der Waals surface area contributed by atoms with Gasteiger partial charge in [-0.15, -0.1) is 0 Å². The molecule has 0 aromatic heterocycles. The summed E-state index contributed by atoms with van der Waals surface area (Å²) in [5.74, 6) is 1.06. The highest BCUT2D eigenvalue weighted by Crippen LogP contribution is 2.25. The lowest BCUT2D eigenvalue weighted by Crippen LogP contribution is -2.36. The zero-order chi connectivity index (χ0) is 10.1. The molecule has 0 saturated carbocycles. The van der Waals surface area contributed by atoms with Gasteiger partial charge in [0.15, 0.2) is 0 Å². The number of nitrogens with one attached hydrogen (secondary N) is 1. The Kier molecular flexibility index (Phi) is 2.96. The summed E-state index contributed by atoms with van der Waals surface area (Å²) in [4.78, 5) is 2.12. The number of amidine groups is 1. The van der Waals surface area contributed by atoms with Crippen molar-refractivity contribution in [3.8, 4) is 0 Å². The molecule has 3 heteroatoms. The zero-order valence-electron chi connectivity index (χ0n) is 9.05. The molecule has 1 saturated heterocycles. The van der Waals surface area contributed by atoms with Crippen LogP contribution in [0.15, 0.2) is 0 Å². The Morgan fingerprint density at radius 2 is 2.15 bits per heavy atom. The maximum atomic E-state index is 7.86. The van der Waals surface area contributed by atoms with E-state index in [1.807, 2.05) is 0 Å². The Morgan fingerprint density at radius 1 is 1.54 bits per heavy atom. The van der Waals surface area contributed by atoms with Crippen molar-refractivity contribution in [2.45, 2.75) is 32.8 Å². The van der Waals surface area contributed by atoms with Crippen molar-refractivity contribution >= 4 is 5.84 Å². The van der Waals surface area contributed by atoms with Gasteiger partial charge in [-0.25, -0.2) is 0 Å². The maximum absolute atomic E-state index is 7.86. The number of ether oxygens (including phenoxy) is 1. The first-order valence-corrected chi connectivity index (χ1v) is 4.87. The molecule has 0 bridgehead atoms. The lowest BCUT2D eigenvalue weighted by molar-refractivity contribution is 0.0189. The van der Waals surface area contributed by atoms with Crippen molar-refractivity contribution in [1.29, 1.82) is 5.41 Å². The van der Waals surface area contributed by atoms with Crippen LogP contribution >= 0.6 is 0 Å². The third-order valence-electron chi connectivity index (χ3n) is 2.82. The summed E-state index contributed by atoms with van der Waals surface area (Å²) in [7, 11) is 1.75. The van der Waals surface area contributed by atoms with E-state index in [0.717, 1.165) is 25.3 Å². The Bertz CT molecular complexity index is 203. The molecule has 0 aromatic carbocycles. The van der Waals surface area contributed by atoms with Gasteiger partial charge >= 0.3 is 0 Å². The fourth-order valence-electron chi connectivity index (χ4n) is 1.67. The van der Waals surface area contributed by atoms with Crippen LogP contribution in [0.4, 0.5) is 0 Å².